The van der Waals surface area contributed by atoms with Crippen LogP contribution in [0.15, 0.2) is 18.2 Å². The lowest BCUT2D eigenvalue weighted by atomic mass is 10.2. The maximum Gasteiger partial charge on any atom is 0.251 e. The van der Waals surface area contributed by atoms with Crippen molar-refractivity contribution in [1.82, 2.24) is 5.32 Å². The fourth-order valence-electron chi connectivity index (χ4n) is 1.04. The molecule has 1 rings (SSSR count). The van der Waals surface area contributed by atoms with Crippen LogP contribution in [-0.2, 0) is 0 Å². The molecule has 1 amide bonds. The molecule has 0 bridgehead atoms. The summed E-state index contributed by atoms with van der Waals surface area (Å²) in [7, 11) is 0. The van der Waals surface area contributed by atoms with Crippen LogP contribution in [0.3, 0.4) is 0 Å². The predicted molar refractivity (Wildman–Crippen MR) is 55.1 cm³/mol. The lowest BCUT2D eigenvalue weighted by Gasteiger charge is -2.04. The van der Waals surface area contributed by atoms with E-state index in [2.05, 4.69) is 5.32 Å². The standard InChI is InChI=1S/C10H14N2O2/c1-2-5-12-10(14)7-3-4-9(13)8(11)6-7/h3-4,6,13H,2,5,11H2,1H3,(H,12,14). The van der Waals surface area contributed by atoms with Crippen LogP contribution in [0.4, 0.5) is 5.69 Å². The van der Waals surface area contributed by atoms with E-state index in [0.29, 0.717) is 12.1 Å². The third kappa shape index (κ3) is 2.39. The van der Waals surface area contributed by atoms with Gasteiger partial charge in [-0.05, 0) is 24.6 Å². The Labute approximate surface area is 82.7 Å². The zero-order valence-electron chi connectivity index (χ0n) is 8.08. The summed E-state index contributed by atoms with van der Waals surface area (Å²) in [5.74, 6) is -0.171. The molecule has 0 aliphatic heterocycles. The summed E-state index contributed by atoms with van der Waals surface area (Å²) in [5, 5.41) is 11.9. The molecule has 0 unspecified atom stereocenters. The van der Waals surface area contributed by atoms with Crippen molar-refractivity contribution < 1.29 is 9.90 Å². The molecule has 0 saturated heterocycles. The molecule has 0 spiro atoms. The van der Waals surface area contributed by atoms with Crippen molar-refractivity contribution in [2.75, 3.05) is 12.3 Å². The van der Waals surface area contributed by atoms with Crippen LogP contribution in [0.25, 0.3) is 0 Å². The van der Waals surface area contributed by atoms with Crippen LogP contribution in [0.1, 0.15) is 23.7 Å². The largest absolute Gasteiger partial charge is 0.506 e. The molecule has 0 heterocycles. The number of aromatic hydroxyl groups is 1. The second-order valence-electron chi connectivity index (χ2n) is 3.03. The van der Waals surface area contributed by atoms with E-state index in [1.165, 1.54) is 18.2 Å². The van der Waals surface area contributed by atoms with E-state index in [1.807, 2.05) is 6.92 Å². The van der Waals surface area contributed by atoms with E-state index in [0.717, 1.165) is 6.42 Å². The molecule has 0 aliphatic carbocycles. The molecule has 1 aromatic rings. The van der Waals surface area contributed by atoms with Gasteiger partial charge in [0.1, 0.15) is 5.75 Å². The third-order valence-electron chi connectivity index (χ3n) is 1.83. The van der Waals surface area contributed by atoms with Gasteiger partial charge in [0.15, 0.2) is 0 Å². The fourth-order valence-corrected chi connectivity index (χ4v) is 1.04. The molecule has 4 heteroatoms. The topological polar surface area (TPSA) is 75.3 Å². The molecule has 4 N–H and O–H groups in total. The molecule has 4 nitrogen and oxygen atoms in total. The number of nitrogens with two attached hydrogens (primary N) is 1. The molecule has 0 radical (unpaired) electrons. The lowest BCUT2D eigenvalue weighted by molar-refractivity contribution is 0.0953. The Morgan fingerprint density at radius 1 is 1.57 bits per heavy atom. The van der Waals surface area contributed by atoms with Crippen molar-refractivity contribution in [2.24, 2.45) is 0 Å². The molecule has 0 aromatic heterocycles. The van der Waals surface area contributed by atoms with Gasteiger partial charge in [-0.3, -0.25) is 4.79 Å². The van der Waals surface area contributed by atoms with Gasteiger partial charge in [0.2, 0.25) is 0 Å². The Kier molecular flexibility index (Phi) is 3.34. The van der Waals surface area contributed by atoms with Gasteiger partial charge in [-0.2, -0.15) is 0 Å². The van der Waals surface area contributed by atoms with E-state index < -0.39 is 0 Å². The van der Waals surface area contributed by atoms with Crippen LogP contribution in [0.2, 0.25) is 0 Å². The molecular weight excluding hydrogens is 180 g/mol. The first-order chi connectivity index (χ1) is 6.65. The average Bonchev–Trinajstić information content (AvgIpc) is 2.18. The van der Waals surface area contributed by atoms with E-state index in [-0.39, 0.29) is 17.3 Å². The van der Waals surface area contributed by atoms with Gasteiger partial charge in [-0.25, -0.2) is 0 Å². The van der Waals surface area contributed by atoms with Crippen molar-refractivity contribution >= 4 is 11.6 Å². The van der Waals surface area contributed by atoms with Crippen LogP contribution >= 0.6 is 0 Å². The second-order valence-corrected chi connectivity index (χ2v) is 3.03. The van der Waals surface area contributed by atoms with Gasteiger partial charge < -0.3 is 16.2 Å². The van der Waals surface area contributed by atoms with Gasteiger partial charge in [0.25, 0.3) is 5.91 Å². The SMILES string of the molecule is CCCNC(=O)c1ccc(O)c(N)c1. The quantitative estimate of drug-likeness (QED) is 0.498. The second kappa shape index (κ2) is 4.50. The molecule has 14 heavy (non-hydrogen) atoms. The van der Waals surface area contributed by atoms with Gasteiger partial charge in [-0.15, -0.1) is 0 Å². The highest BCUT2D eigenvalue weighted by Gasteiger charge is 2.06. The molecule has 1 aromatic carbocycles. The maximum atomic E-state index is 11.4. The number of nitrogen functional groups attached to an aromatic ring is 1. The number of phenols is 1. The first kappa shape index (κ1) is 10.4. The summed E-state index contributed by atoms with van der Waals surface area (Å²) in [6.07, 6.45) is 0.888. The molecule has 0 atom stereocenters. The number of benzene rings is 1. The smallest absolute Gasteiger partial charge is 0.251 e. The Morgan fingerprint density at radius 2 is 2.29 bits per heavy atom. The summed E-state index contributed by atoms with van der Waals surface area (Å²) in [6.45, 7) is 2.62. The number of carbonyl (C=O) groups is 1. The van der Waals surface area contributed by atoms with Crippen LogP contribution in [-0.4, -0.2) is 17.6 Å². The zero-order chi connectivity index (χ0) is 10.6. The monoisotopic (exact) mass is 194 g/mol. The number of nitrogens with one attached hydrogen (secondary N) is 1. The van der Waals surface area contributed by atoms with Gasteiger partial charge in [0, 0.05) is 12.1 Å². The Bertz CT molecular complexity index is 337. The first-order valence-electron chi connectivity index (χ1n) is 4.52. The molecule has 0 saturated carbocycles. The van der Waals surface area contributed by atoms with Crippen molar-refractivity contribution in [3.05, 3.63) is 23.8 Å². The summed E-state index contributed by atoms with van der Waals surface area (Å²) >= 11 is 0. The van der Waals surface area contributed by atoms with E-state index in [1.54, 1.807) is 0 Å². The number of hydrogen-bond donors (Lipinski definition) is 3. The minimum absolute atomic E-state index is 0.00274. The lowest BCUT2D eigenvalue weighted by Crippen LogP contribution is -2.23. The highest BCUT2D eigenvalue weighted by Crippen LogP contribution is 2.20. The Balaban J connectivity index is 2.76. The number of anilines is 1. The molecule has 0 fully saturated rings. The maximum absolute atomic E-state index is 11.4. The molecule has 0 aliphatic rings. The first-order valence-corrected chi connectivity index (χ1v) is 4.52. The van der Waals surface area contributed by atoms with Gasteiger partial charge in [-0.1, -0.05) is 6.92 Å². The predicted octanol–water partition coefficient (Wildman–Crippen LogP) is 1.11. The fraction of sp³-hybridized carbons (Fsp3) is 0.300. The Hall–Kier alpha value is -1.71. The van der Waals surface area contributed by atoms with Crippen molar-refractivity contribution in [3.8, 4) is 5.75 Å². The van der Waals surface area contributed by atoms with Crippen molar-refractivity contribution in [3.63, 3.8) is 0 Å². The number of rotatable bonds is 3. The highest BCUT2D eigenvalue weighted by atomic mass is 16.3. The summed E-state index contributed by atoms with van der Waals surface area (Å²) in [6, 6.07) is 4.41. The average molecular weight is 194 g/mol. The molecular formula is C10H14N2O2. The minimum atomic E-state index is -0.168. The zero-order valence-corrected chi connectivity index (χ0v) is 8.08. The summed E-state index contributed by atoms with van der Waals surface area (Å²) < 4.78 is 0. The number of carbonyl (C=O) groups excluding carboxylic acids is 1. The van der Waals surface area contributed by atoms with Crippen LogP contribution in [0, 0.1) is 0 Å². The van der Waals surface area contributed by atoms with Crippen molar-refractivity contribution in [2.45, 2.75) is 13.3 Å². The molecule has 76 valence electrons. The van der Waals surface area contributed by atoms with E-state index in [4.69, 9.17) is 10.8 Å². The normalized spacial score (nSPS) is 9.79. The van der Waals surface area contributed by atoms with Crippen LogP contribution in [0.5, 0.6) is 5.75 Å². The van der Waals surface area contributed by atoms with Gasteiger partial charge in [0.05, 0.1) is 5.69 Å². The Morgan fingerprint density at radius 3 is 2.86 bits per heavy atom. The summed E-state index contributed by atoms with van der Waals surface area (Å²) in [4.78, 5) is 11.4. The van der Waals surface area contributed by atoms with E-state index in [9.17, 15) is 4.79 Å². The number of amides is 1. The minimum Gasteiger partial charge on any atom is -0.506 e. The van der Waals surface area contributed by atoms with E-state index >= 15 is 0 Å². The van der Waals surface area contributed by atoms with Crippen LogP contribution < -0.4 is 11.1 Å². The number of phenolic OH excluding ortho intramolecular Hbond substituents is 1. The number of hydrogen-bond acceptors (Lipinski definition) is 3. The highest BCUT2D eigenvalue weighted by molar-refractivity contribution is 5.95. The van der Waals surface area contributed by atoms with Crippen molar-refractivity contribution in [1.29, 1.82) is 0 Å². The summed E-state index contributed by atoms with van der Waals surface area (Å²) in [5.41, 5.74) is 6.14. The third-order valence-corrected chi connectivity index (χ3v) is 1.83. The van der Waals surface area contributed by atoms with Gasteiger partial charge >= 0.3 is 0 Å².